The fourth-order valence-electron chi connectivity index (χ4n) is 2.92. The zero-order chi connectivity index (χ0) is 22.7. The standard InChI is InChI=1S/C20H21F7N2O/c1-12(13-7-15(19(22,23)24)9-16(8-13)20(25,26)27)30-11-18(28,10-29-2)14-3-5-17(21)6-4-14/h3-9,12,29H,10-11,28H2,1-2H3/t12-,18-/m1/s1. The molecule has 0 saturated heterocycles. The van der Waals surface area contributed by atoms with Crippen LogP contribution in [-0.2, 0) is 22.6 Å². The summed E-state index contributed by atoms with van der Waals surface area (Å²) in [7, 11) is 1.61. The smallest absolute Gasteiger partial charge is 0.371 e. The van der Waals surface area contributed by atoms with Gasteiger partial charge in [0.05, 0.1) is 29.4 Å². The Balaban J connectivity index is 2.31. The van der Waals surface area contributed by atoms with Crippen molar-refractivity contribution in [2.75, 3.05) is 20.2 Å². The highest BCUT2D eigenvalue weighted by atomic mass is 19.4. The van der Waals surface area contributed by atoms with Crippen molar-refractivity contribution < 1.29 is 35.5 Å². The van der Waals surface area contributed by atoms with Crippen LogP contribution in [0.2, 0.25) is 0 Å². The van der Waals surface area contributed by atoms with E-state index < -0.39 is 40.9 Å². The molecule has 0 fully saturated rings. The fraction of sp³-hybridized carbons (Fsp3) is 0.400. The molecule has 10 heteroatoms. The Kier molecular flexibility index (Phi) is 7.16. The summed E-state index contributed by atoms with van der Waals surface area (Å²) in [5.74, 6) is -0.483. The quantitative estimate of drug-likeness (QED) is 0.598. The van der Waals surface area contributed by atoms with Crippen molar-refractivity contribution >= 4 is 0 Å². The summed E-state index contributed by atoms with van der Waals surface area (Å²) in [6, 6.07) is 6.56. The number of rotatable bonds is 7. The third kappa shape index (κ3) is 5.93. The monoisotopic (exact) mass is 438 g/mol. The molecular formula is C20H21F7N2O. The number of likely N-dealkylation sites (N-methyl/N-ethyl adjacent to an activating group) is 1. The normalized spacial score (nSPS) is 15.7. The second-order valence-electron chi connectivity index (χ2n) is 6.99. The SMILES string of the molecule is CNC[C@@](N)(CO[C@H](C)c1cc(C(F)(F)F)cc(C(F)(F)F)c1)c1ccc(F)cc1. The molecule has 3 nitrogen and oxygen atoms in total. The third-order valence-electron chi connectivity index (χ3n) is 4.58. The van der Waals surface area contributed by atoms with E-state index in [4.69, 9.17) is 10.5 Å². The van der Waals surface area contributed by atoms with Crippen molar-refractivity contribution in [3.8, 4) is 0 Å². The van der Waals surface area contributed by atoms with Gasteiger partial charge in [0.2, 0.25) is 0 Å². The van der Waals surface area contributed by atoms with Crippen LogP contribution in [0.25, 0.3) is 0 Å². The number of hydrogen-bond acceptors (Lipinski definition) is 3. The van der Waals surface area contributed by atoms with Crippen molar-refractivity contribution in [3.63, 3.8) is 0 Å². The Bertz CT molecular complexity index is 817. The highest BCUT2D eigenvalue weighted by molar-refractivity contribution is 5.35. The first-order valence-corrected chi connectivity index (χ1v) is 8.87. The van der Waals surface area contributed by atoms with Gasteiger partial charge in [-0.15, -0.1) is 0 Å². The van der Waals surface area contributed by atoms with Crippen molar-refractivity contribution in [2.24, 2.45) is 5.73 Å². The molecule has 166 valence electrons. The first-order chi connectivity index (χ1) is 13.8. The van der Waals surface area contributed by atoms with Gasteiger partial charge in [-0.2, -0.15) is 26.3 Å². The molecule has 30 heavy (non-hydrogen) atoms. The van der Waals surface area contributed by atoms with Crippen LogP contribution in [0, 0.1) is 5.82 Å². The van der Waals surface area contributed by atoms with Crippen LogP contribution in [-0.4, -0.2) is 20.2 Å². The summed E-state index contributed by atoms with van der Waals surface area (Å²) in [5, 5.41) is 2.85. The van der Waals surface area contributed by atoms with E-state index in [1.165, 1.54) is 31.2 Å². The molecule has 0 spiro atoms. The lowest BCUT2D eigenvalue weighted by Crippen LogP contribution is -2.49. The Morgan fingerprint density at radius 3 is 1.83 bits per heavy atom. The maximum Gasteiger partial charge on any atom is 0.416 e. The van der Waals surface area contributed by atoms with Crippen LogP contribution in [0.4, 0.5) is 30.7 Å². The first-order valence-electron chi connectivity index (χ1n) is 8.87. The molecule has 2 atom stereocenters. The minimum Gasteiger partial charge on any atom is -0.371 e. The lowest BCUT2D eigenvalue weighted by atomic mass is 9.91. The van der Waals surface area contributed by atoms with Crippen molar-refractivity contribution in [1.29, 1.82) is 0 Å². The van der Waals surface area contributed by atoms with Gasteiger partial charge < -0.3 is 15.8 Å². The lowest BCUT2D eigenvalue weighted by molar-refractivity contribution is -0.143. The van der Waals surface area contributed by atoms with E-state index in [-0.39, 0.29) is 24.8 Å². The van der Waals surface area contributed by atoms with Crippen molar-refractivity contribution in [3.05, 3.63) is 70.5 Å². The maximum absolute atomic E-state index is 13.2. The summed E-state index contributed by atoms with van der Waals surface area (Å²) in [4.78, 5) is 0. The van der Waals surface area contributed by atoms with E-state index in [0.29, 0.717) is 17.7 Å². The van der Waals surface area contributed by atoms with Crippen LogP contribution in [0.5, 0.6) is 0 Å². The zero-order valence-electron chi connectivity index (χ0n) is 16.2. The summed E-state index contributed by atoms with van der Waals surface area (Å²) >= 11 is 0. The summed E-state index contributed by atoms with van der Waals surface area (Å²) < 4.78 is 97.1. The number of nitrogens with one attached hydrogen (secondary N) is 1. The molecule has 0 amide bonds. The van der Waals surface area contributed by atoms with E-state index in [1.807, 2.05) is 0 Å². The second-order valence-corrected chi connectivity index (χ2v) is 6.99. The van der Waals surface area contributed by atoms with Crippen LogP contribution >= 0.6 is 0 Å². The van der Waals surface area contributed by atoms with E-state index in [0.717, 1.165) is 0 Å². The average Bonchev–Trinajstić information content (AvgIpc) is 2.65. The fourth-order valence-corrected chi connectivity index (χ4v) is 2.92. The number of nitrogens with two attached hydrogens (primary N) is 1. The van der Waals surface area contributed by atoms with Gasteiger partial charge in [0.15, 0.2) is 0 Å². The average molecular weight is 438 g/mol. The number of alkyl halides is 6. The number of ether oxygens (including phenoxy) is 1. The van der Waals surface area contributed by atoms with Crippen LogP contribution in [0.15, 0.2) is 42.5 Å². The highest BCUT2D eigenvalue weighted by Crippen LogP contribution is 2.38. The molecule has 0 aliphatic heterocycles. The van der Waals surface area contributed by atoms with E-state index in [9.17, 15) is 30.7 Å². The van der Waals surface area contributed by atoms with Gasteiger partial charge >= 0.3 is 12.4 Å². The van der Waals surface area contributed by atoms with Gasteiger partial charge in [-0.1, -0.05) is 12.1 Å². The van der Waals surface area contributed by atoms with E-state index in [1.54, 1.807) is 7.05 Å². The minimum absolute atomic E-state index is 0.0585. The molecule has 2 rings (SSSR count). The van der Waals surface area contributed by atoms with Gasteiger partial charge in [0.1, 0.15) is 5.82 Å². The van der Waals surface area contributed by atoms with Gasteiger partial charge in [0.25, 0.3) is 0 Å². The van der Waals surface area contributed by atoms with Crippen LogP contribution in [0.3, 0.4) is 0 Å². The first kappa shape index (κ1) is 24.1. The molecule has 0 radical (unpaired) electrons. The molecule has 0 heterocycles. The van der Waals surface area contributed by atoms with Crippen molar-refractivity contribution in [2.45, 2.75) is 30.9 Å². The molecule has 2 aromatic carbocycles. The number of benzene rings is 2. The van der Waals surface area contributed by atoms with Crippen LogP contribution in [0.1, 0.15) is 35.3 Å². The Labute approximate surface area is 169 Å². The zero-order valence-corrected chi connectivity index (χ0v) is 16.2. The summed E-state index contributed by atoms with van der Waals surface area (Å²) in [6.45, 7) is 1.26. The molecule has 0 saturated carbocycles. The van der Waals surface area contributed by atoms with Gasteiger partial charge in [-0.25, -0.2) is 4.39 Å². The lowest BCUT2D eigenvalue weighted by Gasteiger charge is -2.31. The molecular weight excluding hydrogens is 417 g/mol. The Morgan fingerprint density at radius 2 is 1.40 bits per heavy atom. The van der Waals surface area contributed by atoms with Crippen molar-refractivity contribution in [1.82, 2.24) is 5.32 Å². The van der Waals surface area contributed by atoms with Crippen LogP contribution < -0.4 is 11.1 Å². The Morgan fingerprint density at radius 1 is 0.900 bits per heavy atom. The molecule has 3 N–H and O–H groups in total. The Hall–Kier alpha value is -2.17. The van der Waals surface area contributed by atoms with E-state index in [2.05, 4.69) is 5.32 Å². The maximum atomic E-state index is 13.2. The topological polar surface area (TPSA) is 47.3 Å². The molecule has 0 aliphatic carbocycles. The minimum atomic E-state index is -4.95. The summed E-state index contributed by atoms with van der Waals surface area (Å²) in [5.41, 5.74) is 2.51. The van der Waals surface area contributed by atoms with Gasteiger partial charge in [-0.3, -0.25) is 0 Å². The van der Waals surface area contributed by atoms with Gasteiger partial charge in [-0.05, 0) is 55.4 Å². The van der Waals surface area contributed by atoms with Gasteiger partial charge in [0, 0.05) is 6.54 Å². The third-order valence-corrected chi connectivity index (χ3v) is 4.58. The molecule has 0 aliphatic rings. The molecule has 0 unspecified atom stereocenters. The molecule has 2 aromatic rings. The number of hydrogen-bond donors (Lipinski definition) is 2. The largest absolute Gasteiger partial charge is 0.416 e. The predicted molar refractivity (Wildman–Crippen MR) is 97.0 cm³/mol. The highest BCUT2D eigenvalue weighted by Gasteiger charge is 2.37. The predicted octanol–water partition coefficient (Wildman–Crippen LogP) is 5.01. The molecule has 0 bridgehead atoms. The molecule has 0 aromatic heterocycles. The second kappa shape index (κ2) is 8.91. The van der Waals surface area contributed by atoms with E-state index >= 15 is 0 Å². The number of halogens is 7. The summed E-state index contributed by atoms with van der Waals surface area (Å²) in [6.07, 6.45) is -11.0.